The Hall–Kier alpha value is -2.11. The summed E-state index contributed by atoms with van der Waals surface area (Å²) in [5.74, 6) is -1.41. The van der Waals surface area contributed by atoms with Crippen LogP contribution in [0.4, 0.5) is 4.39 Å². The molecule has 0 radical (unpaired) electrons. The van der Waals surface area contributed by atoms with E-state index in [-0.39, 0.29) is 35.2 Å². The molecule has 0 saturated carbocycles. The number of aliphatic hydroxyl groups is 1. The van der Waals surface area contributed by atoms with Gasteiger partial charge in [0, 0.05) is 14.8 Å². The van der Waals surface area contributed by atoms with Gasteiger partial charge in [-0.2, -0.15) is 0 Å². The van der Waals surface area contributed by atoms with Gasteiger partial charge in [0.1, 0.15) is 5.82 Å². The van der Waals surface area contributed by atoms with Crippen molar-refractivity contribution in [3.05, 3.63) is 59.4 Å². The second-order valence-corrected chi connectivity index (χ2v) is 6.61. The Kier molecular flexibility index (Phi) is 3.98. The zero-order valence-corrected chi connectivity index (χ0v) is 14.8. The van der Waals surface area contributed by atoms with Crippen molar-refractivity contribution in [3.63, 3.8) is 0 Å². The topological polar surface area (TPSA) is 41.9 Å². The number of methoxy groups -OCH3 is 2. The molecule has 5 heteroatoms. The summed E-state index contributed by atoms with van der Waals surface area (Å²) >= 11 is 0. The monoisotopic (exact) mass is 381 g/mol. The van der Waals surface area contributed by atoms with Gasteiger partial charge in [0.25, 0.3) is 0 Å². The molecule has 1 aliphatic rings. The SMILES string of the molecule is [2H]C([2H])([2H])Oc1cccc(C(O)C2CCN(C([2H])([2H])Cc3ccc(F)cc3)CC2)c1OC([2H])([2H])[2H]. The predicted molar refractivity (Wildman–Crippen MR) is 104 cm³/mol. The van der Waals surface area contributed by atoms with Crippen LogP contribution in [0.3, 0.4) is 0 Å². The Labute approximate surface area is 171 Å². The Balaban J connectivity index is 1.74. The molecule has 4 nitrogen and oxygen atoms in total. The van der Waals surface area contributed by atoms with Gasteiger partial charge in [-0.1, -0.05) is 24.3 Å². The molecule has 146 valence electrons. The maximum Gasteiger partial charge on any atom is 0.166 e. The van der Waals surface area contributed by atoms with Crippen LogP contribution >= 0.6 is 0 Å². The molecule has 0 aromatic heterocycles. The molecule has 1 heterocycles. The molecule has 0 spiro atoms. The van der Waals surface area contributed by atoms with Crippen LogP contribution in [0.2, 0.25) is 0 Å². The van der Waals surface area contributed by atoms with E-state index in [1.165, 1.54) is 30.3 Å². The van der Waals surface area contributed by atoms with E-state index >= 15 is 0 Å². The summed E-state index contributed by atoms with van der Waals surface area (Å²) in [5, 5.41) is 11.1. The molecule has 1 unspecified atom stereocenters. The van der Waals surface area contributed by atoms with E-state index in [9.17, 15) is 9.50 Å². The zero-order valence-electron chi connectivity index (χ0n) is 22.8. The second kappa shape index (κ2) is 9.20. The van der Waals surface area contributed by atoms with Gasteiger partial charge in [-0.15, -0.1) is 0 Å². The number of ether oxygens (including phenoxy) is 2. The second-order valence-electron chi connectivity index (χ2n) is 6.61. The Morgan fingerprint density at radius 3 is 2.63 bits per heavy atom. The van der Waals surface area contributed by atoms with Crippen molar-refractivity contribution in [2.75, 3.05) is 33.7 Å². The van der Waals surface area contributed by atoms with Crippen molar-refractivity contribution in [1.29, 1.82) is 0 Å². The summed E-state index contributed by atoms with van der Waals surface area (Å²) in [4.78, 5) is 1.66. The van der Waals surface area contributed by atoms with Gasteiger partial charge >= 0.3 is 0 Å². The lowest BCUT2D eigenvalue weighted by Gasteiger charge is -2.34. The summed E-state index contributed by atoms with van der Waals surface area (Å²) in [5.41, 5.74) is 0.756. The van der Waals surface area contributed by atoms with Crippen molar-refractivity contribution in [2.24, 2.45) is 5.92 Å². The molecule has 0 bridgehead atoms. The summed E-state index contributed by atoms with van der Waals surface area (Å²) in [6, 6.07) is 9.83. The summed E-state index contributed by atoms with van der Waals surface area (Å²) in [6.07, 6.45) is -0.299. The molecule has 1 saturated heterocycles. The van der Waals surface area contributed by atoms with Crippen molar-refractivity contribution in [3.8, 4) is 11.5 Å². The maximum absolute atomic E-state index is 13.2. The van der Waals surface area contributed by atoms with Gasteiger partial charge in [-0.25, -0.2) is 4.39 Å². The smallest absolute Gasteiger partial charge is 0.166 e. The van der Waals surface area contributed by atoms with Crippen LogP contribution < -0.4 is 9.47 Å². The number of hydrogen-bond donors (Lipinski definition) is 1. The number of aliphatic hydroxyl groups excluding tert-OH is 1. The summed E-state index contributed by atoms with van der Waals surface area (Å²) < 4.78 is 84.4. The molecule has 0 amide bonds. The highest BCUT2D eigenvalue weighted by Gasteiger charge is 2.28. The van der Waals surface area contributed by atoms with Crippen LogP contribution in [0, 0.1) is 11.7 Å². The number of likely N-dealkylation sites (tertiary alicyclic amines) is 1. The third-order valence-corrected chi connectivity index (χ3v) is 4.95. The van der Waals surface area contributed by atoms with Crippen LogP contribution in [0.25, 0.3) is 0 Å². The average molecular weight is 382 g/mol. The van der Waals surface area contributed by atoms with E-state index in [0.717, 1.165) is 0 Å². The first-order valence-corrected chi connectivity index (χ1v) is 8.83. The molecule has 1 fully saturated rings. The number of hydrogen-bond acceptors (Lipinski definition) is 4. The maximum atomic E-state index is 13.2. The molecule has 2 aromatic carbocycles. The van der Waals surface area contributed by atoms with Crippen molar-refractivity contribution >= 4 is 0 Å². The van der Waals surface area contributed by atoms with Gasteiger partial charge < -0.3 is 19.5 Å². The van der Waals surface area contributed by atoms with Crippen molar-refractivity contribution in [1.82, 2.24) is 4.90 Å². The summed E-state index contributed by atoms with van der Waals surface area (Å²) in [7, 11) is -5.75. The number of piperidine rings is 1. The third kappa shape index (κ3) is 4.79. The number of para-hydroxylation sites is 1. The van der Waals surface area contributed by atoms with Gasteiger partial charge in [0.2, 0.25) is 0 Å². The largest absolute Gasteiger partial charge is 0.493 e. The molecular formula is C22H28FNO3. The van der Waals surface area contributed by atoms with Gasteiger partial charge in [-0.3, -0.25) is 0 Å². The third-order valence-electron chi connectivity index (χ3n) is 4.95. The van der Waals surface area contributed by atoms with Crippen LogP contribution in [0.15, 0.2) is 42.5 Å². The average Bonchev–Trinajstić information content (AvgIpc) is 2.74. The lowest BCUT2D eigenvalue weighted by atomic mass is 9.87. The minimum absolute atomic E-state index is 0.0750. The number of halogens is 1. The molecule has 3 rings (SSSR count). The Bertz CT molecular complexity index is 990. The van der Waals surface area contributed by atoms with Crippen LogP contribution in [-0.2, 0) is 6.42 Å². The standard InChI is InChI=1S/C22H28FNO3/c1-26-20-5-3-4-19(22(20)27-2)21(25)17-11-14-24(15-12-17)13-10-16-6-8-18(23)9-7-16/h3-9,17,21,25H,10-15H2,1-2H3/i1D3,2D3,13D2. The van der Waals surface area contributed by atoms with E-state index in [4.69, 9.17) is 20.4 Å². The lowest BCUT2D eigenvalue weighted by molar-refractivity contribution is 0.0573. The quantitative estimate of drug-likeness (QED) is 0.791. The zero-order chi connectivity index (χ0) is 26.0. The Morgan fingerprint density at radius 2 is 1.93 bits per heavy atom. The molecule has 1 aliphatic heterocycles. The van der Waals surface area contributed by atoms with Crippen molar-refractivity contribution < 1.29 is 29.9 Å². The fourth-order valence-electron chi connectivity index (χ4n) is 3.39. The minimum Gasteiger partial charge on any atom is -0.493 e. The number of benzene rings is 2. The first-order valence-electron chi connectivity index (χ1n) is 12.8. The van der Waals surface area contributed by atoms with E-state index in [0.29, 0.717) is 31.5 Å². The van der Waals surface area contributed by atoms with E-state index in [1.807, 2.05) is 0 Å². The normalized spacial score (nSPS) is 22.7. The highest BCUT2D eigenvalue weighted by Crippen LogP contribution is 2.39. The van der Waals surface area contributed by atoms with Gasteiger partial charge in [0.05, 0.1) is 28.4 Å². The van der Waals surface area contributed by atoms with E-state index in [2.05, 4.69) is 0 Å². The highest BCUT2D eigenvalue weighted by molar-refractivity contribution is 5.47. The molecule has 1 N–H and O–H groups in total. The Morgan fingerprint density at radius 1 is 1.19 bits per heavy atom. The minimum atomic E-state index is -2.90. The highest BCUT2D eigenvalue weighted by atomic mass is 19.1. The van der Waals surface area contributed by atoms with Crippen LogP contribution in [0.5, 0.6) is 11.5 Å². The molecule has 27 heavy (non-hydrogen) atoms. The fraction of sp³-hybridized carbons (Fsp3) is 0.455. The van der Waals surface area contributed by atoms with E-state index in [1.54, 1.807) is 17.0 Å². The van der Waals surface area contributed by atoms with Crippen LogP contribution in [0.1, 0.15) is 41.0 Å². The molecule has 0 aliphatic carbocycles. The van der Waals surface area contributed by atoms with Gasteiger partial charge in [-0.05, 0) is 62.0 Å². The lowest BCUT2D eigenvalue weighted by Crippen LogP contribution is -2.36. The first kappa shape index (κ1) is 11.7. The fourth-order valence-corrected chi connectivity index (χ4v) is 3.39. The van der Waals surface area contributed by atoms with E-state index < -0.39 is 26.7 Å². The number of nitrogens with zero attached hydrogens (tertiary/aromatic N) is 1. The number of rotatable bonds is 7. The predicted octanol–water partition coefficient (Wildman–Crippen LogP) is 3.83. The summed E-state index contributed by atoms with van der Waals surface area (Å²) in [6.45, 7) is -1.02. The number of aryl methyl sites for hydroxylation is 1. The molecule has 2 aromatic rings. The first-order chi connectivity index (χ1) is 16.1. The molecule has 1 atom stereocenters. The van der Waals surface area contributed by atoms with Gasteiger partial charge in [0.15, 0.2) is 11.5 Å². The van der Waals surface area contributed by atoms with Crippen LogP contribution in [-0.4, -0.2) is 43.7 Å². The molecular weight excluding hydrogens is 345 g/mol. The van der Waals surface area contributed by atoms with Crippen molar-refractivity contribution in [2.45, 2.75) is 25.4 Å².